The number of hydrogen-bond donors (Lipinski definition) is 0. The number of aryl methyl sites for hydroxylation is 1. The van der Waals surface area contributed by atoms with Crippen molar-refractivity contribution in [2.45, 2.75) is 26.7 Å². The zero-order chi connectivity index (χ0) is 18.0. The SMILES string of the molecule is CCOc1ncnc2sc(C(=O)N3CCC(C(=O)OC)CC3)c(C)c12. The lowest BCUT2D eigenvalue weighted by Gasteiger charge is -2.30. The van der Waals surface area contributed by atoms with Gasteiger partial charge in [0.05, 0.1) is 29.9 Å². The first-order valence-electron chi connectivity index (χ1n) is 8.30. The highest BCUT2D eigenvalue weighted by molar-refractivity contribution is 7.20. The Balaban J connectivity index is 1.83. The molecule has 0 atom stereocenters. The van der Waals surface area contributed by atoms with E-state index in [0.717, 1.165) is 15.8 Å². The van der Waals surface area contributed by atoms with Crippen LogP contribution in [0.1, 0.15) is 35.0 Å². The van der Waals surface area contributed by atoms with E-state index in [2.05, 4.69) is 9.97 Å². The van der Waals surface area contributed by atoms with Crippen LogP contribution in [-0.4, -0.2) is 53.6 Å². The maximum absolute atomic E-state index is 12.9. The number of nitrogens with zero attached hydrogens (tertiary/aromatic N) is 3. The third kappa shape index (κ3) is 3.30. The second-order valence-electron chi connectivity index (χ2n) is 5.94. The van der Waals surface area contributed by atoms with Crippen molar-refractivity contribution in [2.75, 3.05) is 26.8 Å². The molecule has 0 radical (unpaired) electrons. The standard InChI is InChI=1S/C17H21N3O4S/c1-4-24-14-12-10(2)13(25-15(12)19-9-18-14)16(21)20-7-5-11(6-8-20)17(22)23-3/h9,11H,4-8H2,1-3H3. The maximum Gasteiger partial charge on any atom is 0.308 e. The predicted octanol–water partition coefficient (Wildman–Crippen LogP) is 2.42. The number of ether oxygens (including phenoxy) is 2. The lowest BCUT2D eigenvalue weighted by molar-refractivity contribution is -0.146. The molecule has 0 aliphatic carbocycles. The number of piperidine rings is 1. The number of thiophene rings is 1. The number of rotatable bonds is 4. The number of methoxy groups -OCH3 is 1. The summed E-state index contributed by atoms with van der Waals surface area (Å²) < 4.78 is 10.4. The Morgan fingerprint density at radius 1 is 1.32 bits per heavy atom. The van der Waals surface area contributed by atoms with E-state index in [1.54, 1.807) is 4.90 Å². The first kappa shape index (κ1) is 17.6. The fourth-order valence-corrected chi connectivity index (χ4v) is 4.23. The minimum Gasteiger partial charge on any atom is -0.477 e. The van der Waals surface area contributed by atoms with E-state index in [0.29, 0.717) is 43.3 Å². The second-order valence-corrected chi connectivity index (χ2v) is 6.94. The molecule has 0 aromatic carbocycles. The molecule has 3 heterocycles. The molecule has 0 N–H and O–H groups in total. The fraction of sp³-hybridized carbons (Fsp3) is 0.529. The van der Waals surface area contributed by atoms with Crippen molar-refractivity contribution in [1.29, 1.82) is 0 Å². The highest BCUT2D eigenvalue weighted by Gasteiger charge is 2.30. The highest BCUT2D eigenvalue weighted by atomic mass is 32.1. The minimum atomic E-state index is -0.193. The van der Waals surface area contributed by atoms with Crippen LogP contribution in [-0.2, 0) is 9.53 Å². The number of hydrogen-bond acceptors (Lipinski definition) is 7. The van der Waals surface area contributed by atoms with Crippen molar-refractivity contribution in [3.05, 3.63) is 16.8 Å². The van der Waals surface area contributed by atoms with E-state index in [1.165, 1.54) is 24.8 Å². The molecule has 134 valence electrons. The number of aromatic nitrogens is 2. The molecule has 2 aromatic heterocycles. The lowest BCUT2D eigenvalue weighted by Crippen LogP contribution is -2.40. The Bertz CT molecular complexity index is 797. The molecule has 3 rings (SSSR count). The zero-order valence-electron chi connectivity index (χ0n) is 14.6. The first-order chi connectivity index (χ1) is 12.1. The molecule has 1 fully saturated rings. The van der Waals surface area contributed by atoms with Gasteiger partial charge in [0.1, 0.15) is 11.2 Å². The summed E-state index contributed by atoms with van der Waals surface area (Å²) in [6.45, 7) is 5.41. The molecule has 0 spiro atoms. The minimum absolute atomic E-state index is 0.0220. The summed E-state index contributed by atoms with van der Waals surface area (Å²) in [4.78, 5) is 36.2. The molecule has 1 aliphatic heterocycles. The van der Waals surface area contributed by atoms with E-state index >= 15 is 0 Å². The number of fused-ring (bicyclic) bond motifs is 1. The van der Waals surface area contributed by atoms with Gasteiger partial charge >= 0.3 is 5.97 Å². The second kappa shape index (κ2) is 7.35. The van der Waals surface area contributed by atoms with E-state index in [1.807, 2.05) is 13.8 Å². The summed E-state index contributed by atoms with van der Waals surface area (Å²) >= 11 is 1.36. The van der Waals surface area contributed by atoms with Gasteiger partial charge in [0.2, 0.25) is 5.88 Å². The van der Waals surface area contributed by atoms with Crippen LogP contribution in [0.25, 0.3) is 10.2 Å². The largest absolute Gasteiger partial charge is 0.477 e. The van der Waals surface area contributed by atoms with Gasteiger partial charge in [0, 0.05) is 13.1 Å². The van der Waals surface area contributed by atoms with Crippen LogP contribution in [0.15, 0.2) is 6.33 Å². The van der Waals surface area contributed by atoms with Gasteiger partial charge in [-0.1, -0.05) is 0 Å². The summed E-state index contributed by atoms with van der Waals surface area (Å²) in [6.07, 6.45) is 2.72. The van der Waals surface area contributed by atoms with E-state index in [4.69, 9.17) is 9.47 Å². The molecule has 1 amide bonds. The Morgan fingerprint density at radius 2 is 2.04 bits per heavy atom. The smallest absolute Gasteiger partial charge is 0.308 e. The Kier molecular flexibility index (Phi) is 5.17. The van der Waals surface area contributed by atoms with Crippen molar-refractivity contribution in [3.63, 3.8) is 0 Å². The molecule has 8 heteroatoms. The van der Waals surface area contributed by atoms with Crippen molar-refractivity contribution < 1.29 is 19.1 Å². The van der Waals surface area contributed by atoms with Crippen molar-refractivity contribution >= 4 is 33.4 Å². The highest BCUT2D eigenvalue weighted by Crippen LogP contribution is 2.35. The summed E-state index contributed by atoms with van der Waals surface area (Å²) in [7, 11) is 1.40. The molecular weight excluding hydrogens is 342 g/mol. The Hall–Kier alpha value is -2.22. The molecule has 0 unspecified atom stereocenters. The molecule has 7 nitrogen and oxygen atoms in total. The monoisotopic (exact) mass is 363 g/mol. The molecule has 2 aromatic rings. The van der Waals surface area contributed by atoms with Crippen LogP contribution >= 0.6 is 11.3 Å². The number of carbonyl (C=O) groups excluding carboxylic acids is 2. The van der Waals surface area contributed by atoms with Gasteiger partial charge in [-0.25, -0.2) is 9.97 Å². The zero-order valence-corrected chi connectivity index (χ0v) is 15.4. The maximum atomic E-state index is 12.9. The molecule has 25 heavy (non-hydrogen) atoms. The van der Waals surface area contributed by atoms with Crippen molar-refractivity contribution in [3.8, 4) is 5.88 Å². The van der Waals surface area contributed by atoms with Gasteiger partial charge in [-0.05, 0) is 32.3 Å². The van der Waals surface area contributed by atoms with Gasteiger partial charge in [0.25, 0.3) is 5.91 Å². The summed E-state index contributed by atoms with van der Waals surface area (Å²) in [5.41, 5.74) is 0.851. The Labute approximate surface area is 150 Å². The van der Waals surface area contributed by atoms with E-state index < -0.39 is 0 Å². The Morgan fingerprint density at radius 3 is 2.68 bits per heavy atom. The summed E-state index contributed by atoms with van der Waals surface area (Å²) in [6, 6.07) is 0. The summed E-state index contributed by atoms with van der Waals surface area (Å²) in [5, 5.41) is 0.808. The third-order valence-electron chi connectivity index (χ3n) is 4.48. The topological polar surface area (TPSA) is 81.6 Å². The number of amides is 1. The predicted molar refractivity (Wildman–Crippen MR) is 94.0 cm³/mol. The lowest BCUT2D eigenvalue weighted by atomic mass is 9.97. The van der Waals surface area contributed by atoms with Crippen molar-refractivity contribution in [1.82, 2.24) is 14.9 Å². The van der Waals surface area contributed by atoms with Crippen molar-refractivity contribution in [2.24, 2.45) is 5.92 Å². The van der Waals surface area contributed by atoms with Crippen LogP contribution in [0, 0.1) is 12.8 Å². The molecule has 1 aliphatic rings. The first-order valence-corrected chi connectivity index (χ1v) is 9.12. The van der Waals surface area contributed by atoms with Crippen LogP contribution in [0.5, 0.6) is 5.88 Å². The molecule has 0 bridgehead atoms. The quantitative estimate of drug-likeness (QED) is 0.776. The molecule has 0 saturated carbocycles. The number of esters is 1. The summed E-state index contributed by atoms with van der Waals surface area (Å²) in [5.74, 6) is 0.186. The number of carbonyl (C=O) groups is 2. The van der Waals surface area contributed by atoms with Gasteiger partial charge in [-0.15, -0.1) is 11.3 Å². The third-order valence-corrected chi connectivity index (χ3v) is 5.67. The van der Waals surface area contributed by atoms with Gasteiger partial charge < -0.3 is 14.4 Å². The molecular formula is C17H21N3O4S. The fourth-order valence-electron chi connectivity index (χ4n) is 3.12. The van der Waals surface area contributed by atoms with Crippen LogP contribution in [0.2, 0.25) is 0 Å². The van der Waals surface area contributed by atoms with E-state index in [-0.39, 0.29) is 17.8 Å². The van der Waals surface area contributed by atoms with Gasteiger partial charge in [0.15, 0.2) is 0 Å². The van der Waals surface area contributed by atoms with Gasteiger partial charge in [-0.3, -0.25) is 9.59 Å². The number of likely N-dealkylation sites (tertiary alicyclic amines) is 1. The van der Waals surface area contributed by atoms with E-state index in [9.17, 15) is 9.59 Å². The average molecular weight is 363 g/mol. The van der Waals surface area contributed by atoms with Crippen LogP contribution in [0.4, 0.5) is 0 Å². The average Bonchev–Trinajstić information content (AvgIpc) is 2.98. The molecule has 1 saturated heterocycles. The van der Waals surface area contributed by atoms with Crippen LogP contribution < -0.4 is 4.74 Å². The normalized spacial score (nSPS) is 15.4. The van der Waals surface area contributed by atoms with Crippen LogP contribution in [0.3, 0.4) is 0 Å². The van der Waals surface area contributed by atoms with Gasteiger partial charge in [-0.2, -0.15) is 0 Å².